The number of aliphatic hydroxyl groups is 2. The second kappa shape index (κ2) is 9.46. The van der Waals surface area contributed by atoms with Crippen LogP contribution < -0.4 is 0 Å². The smallest absolute Gasteiger partial charge is 0.306 e. The van der Waals surface area contributed by atoms with Gasteiger partial charge in [0.2, 0.25) is 0 Å². The molecule has 0 aromatic carbocycles. The van der Waals surface area contributed by atoms with Gasteiger partial charge in [0.25, 0.3) is 0 Å². The van der Waals surface area contributed by atoms with Crippen LogP contribution in [0, 0.1) is 23.7 Å². The minimum absolute atomic E-state index is 0.00132. The molecule has 0 amide bonds. The van der Waals surface area contributed by atoms with Crippen molar-refractivity contribution in [3.8, 4) is 0 Å². The number of hydrogen-bond donors (Lipinski definition) is 2. The molecule has 2 N–H and O–H groups in total. The highest BCUT2D eigenvalue weighted by atomic mass is 16.6. The molecule has 1 aliphatic carbocycles. The zero-order valence-electron chi connectivity index (χ0n) is 21.4. The van der Waals surface area contributed by atoms with Crippen LogP contribution in [0.2, 0.25) is 0 Å². The molecule has 0 spiro atoms. The molecule has 2 saturated heterocycles. The zero-order chi connectivity index (χ0) is 24.8. The predicted octanol–water partition coefficient (Wildman–Crippen LogP) is 3.77. The molecule has 0 radical (unpaired) electrons. The first-order valence-electron chi connectivity index (χ1n) is 12.7. The Labute approximate surface area is 198 Å². The third-order valence-corrected chi connectivity index (χ3v) is 8.54. The van der Waals surface area contributed by atoms with Gasteiger partial charge in [-0.05, 0) is 64.7 Å². The van der Waals surface area contributed by atoms with Gasteiger partial charge >= 0.3 is 11.9 Å². The SMILES string of the molecule is CCCC(=O)OC1(C)CCC(C(C)C)C2C3OC(CC(C)(O)C(O)CCC3(C)OC(C)=O)C21. The van der Waals surface area contributed by atoms with Crippen molar-refractivity contribution in [2.75, 3.05) is 0 Å². The molecule has 2 bridgehead atoms. The molecule has 33 heavy (non-hydrogen) atoms. The number of fused-ring (bicyclic) bond motifs is 5. The number of rotatable bonds is 5. The van der Waals surface area contributed by atoms with E-state index in [1.165, 1.54) is 6.92 Å². The maximum absolute atomic E-state index is 12.6. The predicted molar refractivity (Wildman–Crippen MR) is 123 cm³/mol. The first kappa shape index (κ1) is 26.4. The summed E-state index contributed by atoms with van der Waals surface area (Å²) in [7, 11) is 0. The molecule has 2 heterocycles. The first-order valence-corrected chi connectivity index (χ1v) is 12.7. The van der Waals surface area contributed by atoms with Crippen LogP contribution in [0.4, 0.5) is 0 Å². The molecule has 3 fully saturated rings. The lowest BCUT2D eigenvalue weighted by molar-refractivity contribution is -0.183. The van der Waals surface area contributed by atoms with E-state index < -0.39 is 41.1 Å². The number of aliphatic hydroxyl groups excluding tert-OH is 1. The second-order valence-electron chi connectivity index (χ2n) is 11.7. The standard InChI is InChI=1S/C26H44O7/c1-8-9-20(29)33-25(6)12-10-17(15(2)3)21-22(25)18-14-24(5,30)19(28)11-13-26(7,23(21)31-18)32-16(4)27/h15,17-19,21-23,28,30H,8-14H2,1-7H3. The summed E-state index contributed by atoms with van der Waals surface area (Å²) in [4.78, 5) is 24.8. The molecule has 9 unspecified atom stereocenters. The van der Waals surface area contributed by atoms with Gasteiger partial charge < -0.3 is 24.4 Å². The highest BCUT2D eigenvalue weighted by molar-refractivity contribution is 5.70. The van der Waals surface area contributed by atoms with Crippen LogP contribution >= 0.6 is 0 Å². The fourth-order valence-electron chi connectivity index (χ4n) is 6.90. The van der Waals surface area contributed by atoms with Gasteiger partial charge in [-0.3, -0.25) is 9.59 Å². The van der Waals surface area contributed by atoms with E-state index in [-0.39, 0.29) is 24.2 Å². The first-order chi connectivity index (χ1) is 15.2. The summed E-state index contributed by atoms with van der Waals surface area (Å²) in [5, 5.41) is 22.0. The Balaban J connectivity index is 2.12. The fraction of sp³-hybridized carbons (Fsp3) is 0.923. The van der Waals surface area contributed by atoms with E-state index in [0.717, 1.165) is 6.42 Å². The van der Waals surface area contributed by atoms with Crippen molar-refractivity contribution in [1.82, 2.24) is 0 Å². The van der Waals surface area contributed by atoms with E-state index in [1.807, 2.05) is 20.8 Å². The number of esters is 2. The van der Waals surface area contributed by atoms with Crippen LogP contribution in [0.25, 0.3) is 0 Å². The van der Waals surface area contributed by atoms with Crippen molar-refractivity contribution in [2.45, 2.75) is 129 Å². The Hall–Kier alpha value is -1.18. The average molecular weight is 469 g/mol. The monoisotopic (exact) mass is 468 g/mol. The Bertz CT molecular complexity index is 734. The molecular weight excluding hydrogens is 424 g/mol. The van der Waals surface area contributed by atoms with Crippen molar-refractivity contribution < 1.29 is 34.0 Å². The highest BCUT2D eigenvalue weighted by Crippen LogP contribution is 2.58. The van der Waals surface area contributed by atoms with E-state index in [4.69, 9.17) is 14.2 Å². The van der Waals surface area contributed by atoms with Gasteiger partial charge in [-0.15, -0.1) is 0 Å². The van der Waals surface area contributed by atoms with E-state index in [1.54, 1.807) is 6.92 Å². The lowest BCUT2D eigenvalue weighted by atomic mass is 9.57. The lowest BCUT2D eigenvalue weighted by Gasteiger charge is -2.51. The molecule has 190 valence electrons. The Kier molecular flexibility index (Phi) is 7.58. The lowest BCUT2D eigenvalue weighted by Crippen LogP contribution is -2.57. The van der Waals surface area contributed by atoms with Gasteiger partial charge in [0.1, 0.15) is 17.3 Å². The largest absolute Gasteiger partial charge is 0.459 e. The third kappa shape index (κ3) is 5.10. The molecule has 1 saturated carbocycles. The van der Waals surface area contributed by atoms with Gasteiger partial charge in [-0.1, -0.05) is 20.8 Å². The van der Waals surface area contributed by atoms with Gasteiger partial charge in [-0.25, -0.2) is 0 Å². The van der Waals surface area contributed by atoms with Gasteiger partial charge in [0.05, 0.1) is 17.8 Å². The normalized spacial score (nSPS) is 45.5. The van der Waals surface area contributed by atoms with Crippen molar-refractivity contribution in [2.24, 2.45) is 23.7 Å². The van der Waals surface area contributed by atoms with E-state index in [0.29, 0.717) is 43.9 Å². The van der Waals surface area contributed by atoms with Crippen LogP contribution in [0.1, 0.15) is 93.4 Å². The Morgan fingerprint density at radius 3 is 2.30 bits per heavy atom. The summed E-state index contributed by atoms with van der Waals surface area (Å²) in [5.41, 5.74) is -3.08. The minimum Gasteiger partial charge on any atom is -0.459 e. The number of ether oxygens (including phenoxy) is 3. The van der Waals surface area contributed by atoms with E-state index >= 15 is 0 Å². The minimum atomic E-state index is -1.37. The van der Waals surface area contributed by atoms with Crippen LogP contribution in [-0.4, -0.2) is 57.3 Å². The molecule has 2 aliphatic heterocycles. The molecule has 7 nitrogen and oxygen atoms in total. The van der Waals surface area contributed by atoms with Crippen molar-refractivity contribution >= 4 is 11.9 Å². The zero-order valence-corrected chi connectivity index (χ0v) is 21.4. The summed E-state index contributed by atoms with van der Waals surface area (Å²) in [6, 6.07) is 0. The maximum atomic E-state index is 12.6. The Morgan fingerprint density at radius 2 is 1.73 bits per heavy atom. The van der Waals surface area contributed by atoms with E-state index in [9.17, 15) is 19.8 Å². The molecule has 0 aromatic heterocycles. The third-order valence-electron chi connectivity index (χ3n) is 8.54. The van der Waals surface area contributed by atoms with Crippen LogP contribution in [0.3, 0.4) is 0 Å². The van der Waals surface area contributed by atoms with Crippen molar-refractivity contribution in [3.05, 3.63) is 0 Å². The number of carbonyl (C=O) groups is 2. The highest BCUT2D eigenvalue weighted by Gasteiger charge is 2.65. The summed E-state index contributed by atoms with van der Waals surface area (Å²) in [5.74, 6) is -0.114. The van der Waals surface area contributed by atoms with Gasteiger partial charge in [0, 0.05) is 31.6 Å². The van der Waals surface area contributed by atoms with Crippen LogP contribution in [-0.2, 0) is 23.8 Å². The molecule has 7 heteroatoms. The van der Waals surface area contributed by atoms with Gasteiger partial charge in [0.15, 0.2) is 0 Å². The van der Waals surface area contributed by atoms with Crippen LogP contribution in [0.15, 0.2) is 0 Å². The van der Waals surface area contributed by atoms with E-state index in [2.05, 4.69) is 13.8 Å². The summed E-state index contributed by atoms with van der Waals surface area (Å²) in [6.45, 7) is 13.3. The molecule has 3 aliphatic rings. The quantitative estimate of drug-likeness (QED) is 0.592. The summed E-state index contributed by atoms with van der Waals surface area (Å²) < 4.78 is 18.8. The second-order valence-corrected chi connectivity index (χ2v) is 11.7. The fourth-order valence-corrected chi connectivity index (χ4v) is 6.90. The molecule has 0 aromatic rings. The van der Waals surface area contributed by atoms with Crippen molar-refractivity contribution in [1.29, 1.82) is 0 Å². The molecular formula is C26H44O7. The average Bonchev–Trinajstić information content (AvgIpc) is 3.06. The number of carbonyl (C=O) groups excluding carboxylic acids is 2. The number of hydrogen-bond acceptors (Lipinski definition) is 7. The topological polar surface area (TPSA) is 102 Å². The summed E-state index contributed by atoms with van der Waals surface area (Å²) >= 11 is 0. The molecule has 9 atom stereocenters. The summed E-state index contributed by atoms with van der Waals surface area (Å²) in [6.07, 6.45) is 1.76. The van der Waals surface area contributed by atoms with Gasteiger partial charge in [-0.2, -0.15) is 0 Å². The Morgan fingerprint density at radius 1 is 1.09 bits per heavy atom. The van der Waals surface area contributed by atoms with Crippen LogP contribution in [0.5, 0.6) is 0 Å². The van der Waals surface area contributed by atoms with Crippen molar-refractivity contribution in [3.63, 3.8) is 0 Å². The maximum Gasteiger partial charge on any atom is 0.306 e. The molecule has 3 rings (SSSR count).